The number of hydrogen-bond donors (Lipinski definition) is 0. The van der Waals surface area contributed by atoms with Crippen LogP contribution in [0.1, 0.15) is 25.6 Å². The van der Waals surface area contributed by atoms with Crippen LogP contribution >= 0.6 is 11.6 Å². The number of alkyl halides is 1. The molecule has 2 aromatic heterocycles. The van der Waals surface area contributed by atoms with Crippen LogP contribution in [0.5, 0.6) is 5.88 Å². The second-order valence-electron chi connectivity index (χ2n) is 5.56. The zero-order chi connectivity index (χ0) is 13.5. The topological polar surface area (TPSA) is 39.9 Å². The molecule has 0 N–H and O–H groups in total. The summed E-state index contributed by atoms with van der Waals surface area (Å²) in [6, 6.07) is 3.81. The van der Waals surface area contributed by atoms with Crippen LogP contribution in [0, 0.1) is 5.41 Å². The molecule has 0 spiro atoms. The highest BCUT2D eigenvalue weighted by molar-refractivity contribution is 6.17. The monoisotopic (exact) mass is 279 g/mol. The highest BCUT2D eigenvalue weighted by atomic mass is 35.5. The number of pyridine rings is 1. The minimum Gasteiger partial charge on any atom is -0.481 e. The predicted octanol–water partition coefficient (Wildman–Crippen LogP) is 3.02. The highest BCUT2D eigenvalue weighted by Gasteiger charge is 2.38. The molecule has 1 saturated carbocycles. The van der Waals surface area contributed by atoms with Crippen LogP contribution in [0.25, 0.3) is 11.2 Å². The van der Waals surface area contributed by atoms with Gasteiger partial charge in [0.15, 0.2) is 5.65 Å². The maximum absolute atomic E-state index is 5.88. The van der Waals surface area contributed by atoms with E-state index in [-0.39, 0.29) is 0 Å². The lowest BCUT2D eigenvalue weighted by molar-refractivity contribution is 0.397. The Morgan fingerprint density at radius 1 is 1.37 bits per heavy atom. The molecule has 2 heterocycles. The molecule has 1 fully saturated rings. The minimum absolute atomic E-state index is 0.402. The van der Waals surface area contributed by atoms with Gasteiger partial charge in [-0.3, -0.25) is 0 Å². The van der Waals surface area contributed by atoms with Crippen LogP contribution < -0.4 is 4.74 Å². The Morgan fingerprint density at radius 3 is 2.79 bits per heavy atom. The molecule has 19 heavy (non-hydrogen) atoms. The third-order valence-electron chi connectivity index (χ3n) is 3.82. The first-order valence-electron chi connectivity index (χ1n) is 6.61. The summed E-state index contributed by atoms with van der Waals surface area (Å²) in [5.74, 6) is 2.24. The van der Waals surface area contributed by atoms with Gasteiger partial charge in [0.05, 0.1) is 7.11 Å². The van der Waals surface area contributed by atoms with E-state index >= 15 is 0 Å². The fourth-order valence-electron chi connectivity index (χ4n) is 2.34. The Kier molecular flexibility index (Phi) is 3.13. The third kappa shape index (κ3) is 2.41. The van der Waals surface area contributed by atoms with Gasteiger partial charge in [-0.05, 0) is 24.3 Å². The zero-order valence-electron chi connectivity index (χ0n) is 11.3. The Morgan fingerprint density at radius 2 is 2.16 bits per heavy atom. The van der Waals surface area contributed by atoms with Crippen LogP contribution in [-0.2, 0) is 13.0 Å². The number of methoxy groups -OCH3 is 1. The van der Waals surface area contributed by atoms with E-state index in [0.717, 1.165) is 30.0 Å². The largest absolute Gasteiger partial charge is 0.481 e. The summed E-state index contributed by atoms with van der Waals surface area (Å²) in [5, 5.41) is 0. The Hall–Kier alpha value is -1.29. The van der Waals surface area contributed by atoms with Gasteiger partial charge in [0, 0.05) is 24.9 Å². The number of aromatic nitrogens is 3. The van der Waals surface area contributed by atoms with E-state index in [4.69, 9.17) is 16.3 Å². The number of halogens is 1. The van der Waals surface area contributed by atoms with Gasteiger partial charge in [0.1, 0.15) is 11.3 Å². The molecule has 0 aliphatic heterocycles. The van der Waals surface area contributed by atoms with Gasteiger partial charge in [-0.2, -0.15) is 4.98 Å². The molecule has 0 aromatic carbocycles. The summed E-state index contributed by atoms with van der Waals surface area (Å²) in [5.41, 5.74) is 2.23. The van der Waals surface area contributed by atoms with Crippen LogP contribution in [0.2, 0.25) is 0 Å². The van der Waals surface area contributed by atoms with Gasteiger partial charge in [-0.15, -0.1) is 11.6 Å². The normalized spacial score (nSPS) is 16.8. The Bertz CT molecular complexity index is 604. The Balaban J connectivity index is 2.09. The van der Waals surface area contributed by atoms with Crippen molar-refractivity contribution in [1.29, 1.82) is 0 Å². The lowest BCUT2D eigenvalue weighted by atomic mass is 10.1. The van der Waals surface area contributed by atoms with Crippen LogP contribution in [0.4, 0.5) is 0 Å². The number of fused-ring (bicyclic) bond motifs is 1. The Labute approximate surface area is 117 Å². The summed E-state index contributed by atoms with van der Waals surface area (Å²) >= 11 is 5.88. The van der Waals surface area contributed by atoms with E-state index in [1.807, 2.05) is 12.1 Å². The van der Waals surface area contributed by atoms with Crippen molar-refractivity contribution in [1.82, 2.24) is 14.5 Å². The third-order valence-corrected chi connectivity index (χ3v) is 4.01. The maximum atomic E-state index is 5.88. The summed E-state index contributed by atoms with van der Waals surface area (Å²) < 4.78 is 7.43. The van der Waals surface area contributed by atoms with Gasteiger partial charge < -0.3 is 9.30 Å². The van der Waals surface area contributed by atoms with Crippen molar-refractivity contribution >= 4 is 22.8 Å². The van der Waals surface area contributed by atoms with Crippen molar-refractivity contribution in [2.75, 3.05) is 13.0 Å². The van der Waals surface area contributed by atoms with Gasteiger partial charge in [0.2, 0.25) is 5.88 Å². The molecule has 2 aromatic rings. The first-order valence-corrected chi connectivity index (χ1v) is 7.15. The second-order valence-corrected chi connectivity index (χ2v) is 5.94. The molecule has 0 unspecified atom stereocenters. The summed E-state index contributed by atoms with van der Waals surface area (Å²) in [7, 11) is 1.64. The minimum atomic E-state index is 0.402. The second kappa shape index (κ2) is 4.67. The first kappa shape index (κ1) is 12.7. The molecular weight excluding hydrogens is 262 g/mol. The number of aryl methyl sites for hydroxylation is 1. The summed E-state index contributed by atoms with van der Waals surface area (Å²) in [6.07, 6.45) is 3.32. The summed E-state index contributed by atoms with van der Waals surface area (Å²) in [6.45, 7) is 3.28. The molecule has 4 nitrogen and oxygen atoms in total. The van der Waals surface area contributed by atoms with Crippen LogP contribution in [0.15, 0.2) is 12.1 Å². The van der Waals surface area contributed by atoms with E-state index in [9.17, 15) is 0 Å². The van der Waals surface area contributed by atoms with E-state index in [0.29, 0.717) is 17.2 Å². The molecule has 0 bridgehead atoms. The molecular formula is C14H18ClN3O. The van der Waals surface area contributed by atoms with Crippen molar-refractivity contribution in [3.05, 3.63) is 18.0 Å². The quantitative estimate of drug-likeness (QED) is 0.790. The SMILES string of the molecule is COc1ccc2nc(CCCl)n(CC3(C)CC3)c2n1. The maximum Gasteiger partial charge on any atom is 0.215 e. The van der Waals surface area contributed by atoms with E-state index in [2.05, 4.69) is 21.5 Å². The van der Waals surface area contributed by atoms with Crippen molar-refractivity contribution in [2.45, 2.75) is 32.7 Å². The van der Waals surface area contributed by atoms with Crippen LogP contribution in [0.3, 0.4) is 0 Å². The van der Waals surface area contributed by atoms with Crippen molar-refractivity contribution < 1.29 is 4.74 Å². The molecule has 0 atom stereocenters. The van der Waals surface area contributed by atoms with Gasteiger partial charge >= 0.3 is 0 Å². The average molecular weight is 280 g/mol. The van der Waals surface area contributed by atoms with E-state index in [1.165, 1.54) is 12.8 Å². The number of imidazole rings is 1. The fourth-order valence-corrected chi connectivity index (χ4v) is 2.51. The number of hydrogen-bond acceptors (Lipinski definition) is 3. The number of nitrogens with zero attached hydrogens (tertiary/aromatic N) is 3. The molecule has 102 valence electrons. The first-order chi connectivity index (χ1) is 9.15. The molecule has 5 heteroatoms. The lowest BCUT2D eigenvalue weighted by Crippen LogP contribution is -2.12. The molecule has 0 amide bonds. The van der Waals surface area contributed by atoms with Crippen molar-refractivity contribution in [3.63, 3.8) is 0 Å². The lowest BCUT2D eigenvalue weighted by Gasteiger charge is -2.13. The van der Waals surface area contributed by atoms with E-state index in [1.54, 1.807) is 7.11 Å². The number of rotatable bonds is 5. The zero-order valence-corrected chi connectivity index (χ0v) is 12.1. The standard InChI is InChI=1S/C14H18ClN3O/c1-14(6-7-14)9-18-11(5-8-15)16-10-3-4-12(19-2)17-13(10)18/h3-4H,5-9H2,1-2H3. The average Bonchev–Trinajstić information content (AvgIpc) is 3.05. The van der Waals surface area contributed by atoms with Crippen molar-refractivity contribution in [2.24, 2.45) is 5.41 Å². The van der Waals surface area contributed by atoms with E-state index < -0.39 is 0 Å². The van der Waals surface area contributed by atoms with Gasteiger partial charge in [-0.25, -0.2) is 4.98 Å². The summed E-state index contributed by atoms with van der Waals surface area (Å²) in [4.78, 5) is 9.19. The predicted molar refractivity (Wildman–Crippen MR) is 75.8 cm³/mol. The van der Waals surface area contributed by atoms with Gasteiger partial charge in [-0.1, -0.05) is 6.92 Å². The highest BCUT2D eigenvalue weighted by Crippen LogP contribution is 2.47. The van der Waals surface area contributed by atoms with Gasteiger partial charge in [0.25, 0.3) is 0 Å². The van der Waals surface area contributed by atoms with Crippen molar-refractivity contribution in [3.8, 4) is 5.88 Å². The van der Waals surface area contributed by atoms with Crippen LogP contribution in [-0.4, -0.2) is 27.5 Å². The fraction of sp³-hybridized carbons (Fsp3) is 0.571. The molecule has 3 rings (SSSR count). The molecule has 1 aliphatic rings. The number of ether oxygens (including phenoxy) is 1. The molecule has 1 aliphatic carbocycles. The molecule has 0 radical (unpaired) electrons. The molecule has 0 saturated heterocycles. The smallest absolute Gasteiger partial charge is 0.215 e.